The SMILES string of the molecule is CC(N)CCc1cccc(F)c1Br. The summed E-state index contributed by atoms with van der Waals surface area (Å²) >= 11 is 3.21. The van der Waals surface area contributed by atoms with E-state index in [2.05, 4.69) is 15.9 Å². The molecule has 1 aromatic rings. The summed E-state index contributed by atoms with van der Waals surface area (Å²) in [6.07, 6.45) is 1.69. The van der Waals surface area contributed by atoms with Gasteiger partial charge in [-0.3, -0.25) is 0 Å². The molecule has 2 N–H and O–H groups in total. The van der Waals surface area contributed by atoms with E-state index in [0.29, 0.717) is 4.47 Å². The fraction of sp³-hybridized carbons (Fsp3) is 0.400. The highest BCUT2D eigenvalue weighted by molar-refractivity contribution is 9.10. The fourth-order valence-corrected chi connectivity index (χ4v) is 1.59. The zero-order valence-corrected chi connectivity index (χ0v) is 9.14. The van der Waals surface area contributed by atoms with E-state index < -0.39 is 0 Å². The van der Waals surface area contributed by atoms with E-state index in [-0.39, 0.29) is 11.9 Å². The maximum atomic E-state index is 13.0. The monoisotopic (exact) mass is 245 g/mol. The van der Waals surface area contributed by atoms with Crippen molar-refractivity contribution >= 4 is 15.9 Å². The maximum Gasteiger partial charge on any atom is 0.137 e. The zero-order chi connectivity index (χ0) is 9.84. The van der Waals surface area contributed by atoms with Crippen molar-refractivity contribution in [2.24, 2.45) is 5.73 Å². The molecule has 1 nitrogen and oxygen atoms in total. The van der Waals surface area contributed by atoms with Gasteiger partial charge in [-0.05, 0) is 47.3 Å². The summed E-state index contributed by atoms with van der Waals surface area (Å²) in [5.74, 6) is -0.206. The van der Waals surface area contributed by atoms with Crippen LogP contribution in [0.4, 0.5) is 4.39 Å². The summed E-state index contributed by atoms with van der Waals surface area (Å²) in [6, 6.07) is 5.24. The smallest absolute Gasteiger partial charge is 0.137 e. The van der Waals surface area contributed by atoms with Crippen molar-refractivity contribution in [3.05, 3.63) is 34.1 Å². The average Bonchev–Trinajstić information content (AvgIpc) is 2.07. The lowest BCUT2D eigenvalue weighted by atomic mass is 10.1. The quantitative estimate of drug-likeness (QED) is 0.871. The van der Waals surface area contributed by atoms with Gasteiger partial charge in [-0.25, -0.2) is 4.39 Å². The first-order chi connectivity index (χ1) is 6.11. The van der Waals surface area contributed by atoms with Gasteiger partial charge in [0.05, 0.1) is 4.47 Å². The van der Waals surface area contributed by atoms with Crippen molar-refractivity contribution in [2.45, 2.75) is 25.8 Å². The van der Waals surface area contributed by atoms with E-state index in [0.717, 1.165) is 18.4 Å². The average molecular weight is 246 g/mol. The number of halogens is 2. The second-order valence-electron chi connectivity index (χ2n) is 3.23. The van der Waals surface area contributed by atoms with Gasteiger partial charge < -0.3 is 5.73 Å². The molecule has 0 bridgehead atoms. The summed E-state index contributed by atoms with van der Waals surface area (Å²) in [5, 5.41) is 0. The van der Waals surface area contributed by atoms with Crippen LogP contribution in [0.15, 0.2) is 22.7 Å². The van der Waals surface area contributed by atoms with Crippen LogP contribution in [-0.2, 0) is 6.42 Å². The standard InChI is InChI=1S/C10H13BrFN/c1-7(13)5-6-8-3-2-4-9(12)10(8)11/h2-4,7H,5-6,13H2,1H3. The minimum absolute atomic E-state index is 0.162. The Balaban J connectivity index is 2.71. The van der Waals surface area contributed by atoms with Crippen LogP contribution < -0.4 is 5.73 Å². The molecule has 3 heteroatoms. The Morgan fingerprint density at radius 2 is 2.23 bits per heavy atom. The first-order valence-electron chi connectivity index (χ1n) is 4.29. The molecule has 0 heterocycles. The van der Waals surface area contributed by atoms with E-state index in [1.807, 2.05) is 13.0 Å². The Morgan fingerprint density at radius 1 is 1.54 bits per heavy atom. The van der Waals surface area contributed by atoms with Gasteiger partial charge in [0.2, 0.25) is 0 Å². The van der Waals surface area contributed by atoms with Crippen LogP contribution in [0.5, 0.6) is 0 Å². The highest BCUT2D eigenvalue weighted by Crippen LogP contribution is 2.21. The molecule has 0 saturated heterocycles. The molecular formula is C10H13BrFN. The summed E-state index contributed by atoms with van der Waals surface area (Å²) in [7, 11) is 0. The van der Waals surface area contributed by atoms with Crippen LogP contribution in [0.3, 0.4) is 0 Å². The predicted octanol–water partition coefficient (Wildman–Crippen LogP) is 2.87. The van der Waals surface area contributed by atoms with Gasteiger partial charge in [0, 0.05) is 6.04 Å². The van der Waals surface area contributed by atoms with Gasteiger partial charge in [-0.2, -0.15) is 0 Å². The molecule has 0 aliphatic carbocycles. The lowest BCUT2D eigenvalue weighted by Gasteiger charge is -2.07. The Hall–Kier alpha value is -0.410. The second kappa shape index (κ2) is 4.72. The Kier molecular flexibility index (Phi) is 3.88. The number of nitrogens with two attached hydrogens (primary N) is 1. The summed E-state index contributed by atoms with van der Waals surface area (Å²) < 4.78 is 13.6. The first-order valence-corrected chi connectivity index (χ1v) is 5.09. The van der Waals surface area contributed by atoms with Crippen molar-refractivity contribution in [3.63, 3.8) is 0 Å². The number of hydrogen-bond acceptors (Lipinski definition) is 1. The highest BCUT2D eigenvalue weighted by atomic mass is 79.9. The Labute approximate surface area is 86.3 Å². The van der Waals surface area contributed by atoms with Crippen molar-refractivity contribution in [3.8, 4) is 0 Å². The van der Waals surface area contributed by atoms with Crippen LogP contribution in [0, 0.1) is 5.82 Å². The fourth-order valence-electron chi connectivity index (χ4n) is 1.12. The highest BCUT2D eigenvalue weighted by Gasteiger charge is 2.05. The Morgan fingerprint density at radius 3 is 2.85 bits per heavy atom. The van der Waals surface area contributed by atoms with Gasteiger partial charge in [0.15, 0.2) is 0 Å². The van der Waals surface area contributed by atoms with Crippen LogP contribution in [0.1, 0.15) is 18.9 Å². The topological polar surface area (TPSA) is 26.0 Å². The molecule has 1 rings (SSSR count). The molecule has 72 valence electrons. The van der Waals surface area contributed by atoms with Gasteiger partial charge in [0.25, 0.3) is 0 Å². The van der Waals surface area contributed by atoms with E-state index in [4.69, 9.17) is 5.73 Å². The molecule has 1 aromatic carbocycles. The predicted molar refractivity (Wildman–Crippen MR) is 56.1 cm³/mol. The maximum absolute atomic E-state index is 13.0. The van der Waals surface area contributed by atoms with E-state index in [1.165, 1.54) is 6.07 Å². The van der Waals surface area contributed by atoms with E-state index in [9.17, 15) is 4.39 Å². The summed E-state index contributed by atoms with van der Waals surface area (Å²) in [6.45, 7) is 1.95. The van der Waals surface area contributed by atoms with Crippen LogP contribution in [0.2, 0.25) is 0 Å². The van der Waals surface area contributed by atoms with Crippen LogP contribution >= 0.6 is 15.9 Å². The van der Waals surface area contributed by atoms with Crippen molar-refractivity contribution < 1.29 is 4.39 Å². The summed E-state index contributed by atoms with van der Waals surface area (Å²) in [5.41, 5.74) is 6.60. The van der Waals surface area contributed by atoms with Crippen LogP contribution in [-0.4, -0.2) is 6.04 Å². The van der Waals surface area contributed by atoms with Gasteiger partial charge >= 0.3 is 0 Å². The lowest BCUT2D eigenvalue weighted by Crippen LogP contribution is -2.15. The third kappa shape index (κ3) is 3.08. The van der Waals surface area contributed by atoms with Crippen molar-refractivity contribution in [1.29, 1.82) is 0 Å². The van der Waals surface area contributed by atoms with E-state index >= 15 is 0 Å². The number of hydrogen-bond donors (Lipinski definition) is 1. The molecule has 1 atom stereocenters. The zero-order valence-electron chi connectivity index (χ0n) is 7.56. The molecule has 0 radical (unpaired) electrons. The molecule has 0 aromatic heterocycles. The third-order valence-electron chi connectivity index (χ3n) is 1.90. The molecule has 0 amide bonds. The van der Waals surface area contributed by atoms with Gasteiger partial charge in [-0.15, -0.1) is 0 Å². The summed E-state index contributed by atoms with van der Waals surface area (Å²) in [4.78, 5) is 0. The lowest BCUT2D eigenvalue weighted by molar-refractivity contribution is 0.612. The van der Waals surface area contributed by atoms with Crippen LogP contribution in [0.25, 0.3) is 0 Å². The molecule has 13 heavy (non-hydrogen) atoms. The van der Waals surface area contributed by atoms with Crippen molar-refractivity contribution in [1.82, 2.24) is 0 Å². The second-order valence-corrected chi connectivity index (χ2v) is 4.02. The normalized spacial score (nSPS) is 12.9. The van der Waals surface area contributed by atoms with Crippen molar-refractivity contribution in [2.75, 3.05) is 0 Å². The molecule has 1 unspecified atom stereocenters. The molecule has 0 aliphatic heterocycles. The first kappa shape index (κ1) is 10.7. The third-order valence-corrected chi connectivity index (χ3v) is 2.79. The van der Waals surface area contributed by atoms with Gasteiger partial charge in [-0.1, -0.05) is 12.1 Å². The largest absolute Gasteiger partial charge is 0.328 e. The minimum atomic E-state index is -0.206. The van der Waals surface area contributed by atoms with Gasteiger partial charge in [0.1, 0.15) is 5.82 Å². The number of aryl methyl sites for hydroxylation is 1. The molecular weight excluding hydrogens is 233 g/mol. The number of benzene rings is 1. The Bertz CT molecular complexity index is 286. The minimum Gasteiger partial charge on any atom is -0.328 e. The molecule has 0 aliphatic rings. The molecule has 0 spiro atoms. The van der Waals surface area contributed by atoms with E-state index in [1.54, 1.807) is 6.07 Å². The number of rotatable bonds is 3. The molecule has 0 fully saturated rings. The molecule has 0 saturated carbocycles.